The summed E-state index contributed by atoms with van der Waals surface area (Å²) in [5, 5.41) is 7.17. The Morgan fingerprint density at radius 2 is 2.24 bits per heavy atom. The first kappa shape index (κ1) is 14.5. The maximum atomic E-state index is 11.8. The lowest BCUT2D eigenvalue weighted by Crippen LogP contribution is -2.19. The van der Waals surface area contributed by atoms with E-state index in [4.69, 9.17) is 0 Å². The van der Waals surface area contributed by atoms with Gasteiger partial charge in [-0.05, 0) is 42.3 Å². The predicted octanol–water partition coefficient (Wildman–Crippen LogP) is 3.37. The zero-order valence-electron chi connectivity index (χ0n) is 9.59. The second kappa shape index (κ2) is 6.98. The van der Waals surface area contributed by atoms with Gasteiger partial charge in [-0.1, -0.05) is 0 Å². The molecule has 0 aliphatic heterocycles. The van der Waals surface area contributed by atoms with Crippen LogP contribution in [0.1, 0.15) is 24.4 Å². The van der Waals surface area contributed by atoms with E-state index in [1.54, 1.807) is 11.3 Å². The molecule has 1 aromatic rings. The van der Waals surface area contributed by atoms with E-state index in [9.17, 15) is 13.2 Å². The van der Waals surface area contributed by atoms with Crippen molar-refractivity contribution in [2.75, 3.05) is 20.3 Å². The maximum absolute atomic E-state index is 11.8. The maximum Gasteiger partial charge on any atom is 0.411 e. The number of hydrogen-bond donors (Lipinski definition) is 1. The molecule has 0 saturated carbocycles. The highest BCUT2D eigenvalue weighted by atomic mass is 32.1. The van der Waals surface area contributed by atoms with Gasteiger partial charge in [-0.2, -0.15) is 24.5 Å². The van der Waals surface area contributed by atoms with Crippen molar-refractivity contribution in [2.24, 2.45) is 0 Å². The monoisotopic (exact) mass is 267 g/mol. The second-order valence-corrected chi connectivity index (χ2v) is 4.49. The van der Waals surface area contributed by atoms with Crippen LogP contribution in [0.4, 0.5) is 13.2 Å². The Labute approximate surface area is 103 Å². The van der Waals surface area contributed by atoms with Gasteiger partial charge < -0.3 is 10.1 Å². The lowest BCUT2D eigenvalue weighted by Gasteiger charge is -2.15. The molecule has 0 amide bonds. The van der Waals surface area contributed by atoms with Crippen LogP contribution < -0.4 is 5.32 Å². The third kappa shape index (κ3) is 6.05. The van der Waals surface area contributed by atoms with Crippen LogP contribution in [0, 0.1) is 0 Å². The standard InChI is InChI=1S/C11H16F3NOS/c1-15-10(9-4-6-17-7-9)3-2-5-16-8-11(12,13)14/h4,6-7,10,15H,2-3,5,8H2,1H3. The molecule has 1 aromatic heterocycles. The average molecular weight is 267 g/mol. The van der Waals surface area contributed by atoms with Crippen molar-refractivity contribution >= 4 is 11.3 Å². The average Bonchev–Trinajstić information content (AvgIpc) is 2.75. The van der Waals surface area contributed by atoms with Gasteiger partial charge in [-0.25, -0.2) is 0 Å². The molecule has 1 atom stereocenters. The normalized spacial score (nSPS) is 13.9. The van der Waals surface area contributed by atoms with Crippen LogP contribution in [0.5, 0.6) is 0 Å². The number of rotatable bonds is 7. The van der Waals surface area contributed by atoms with Crippen LogP contribution in [0.3, 0.4) is 0 Å². The first-order chi connectivity index (χ1) is 8.03. The van der Waals surface area contributed by atoms with Gasteiger partial charge in [0.25, 0.3) is 0 Å². The number of halogens is 3. The van der Waals surface area contributed by atoms with Crippen molar-refractivity contribution in [3.8, 4) is 0 Å². The molecule has 98 valence electrons. The molecule has 1 N–H and O–H groups in total. The summed E-state index contributed by atoms with van der Waals surface area (Å²) in [7, 11) is 1.85. The minimum atomic E-state index is -4.23. The molecule has 0 aromatic carbocycles. The van der Waals surface area contributed by atoms with E-state index in [1.165, 1.54) is 5.56 Å². The summed E-state index contributed by atoms with van der Waals surface area (Å²) in [5.74, 6) is 0. The molecule has 0 saturated heterocycles. The largest absolute Gasteiger partial charge is 0.411 e. The number of hydrogen-bond acceptors (Lipinski definition) is 3. The highest BCUT2D eigenvalue weighted by Gasteiger charge is 2.27. The summed E-state index contributed by atoms with van der Waals surface area (Å²) >= 11 is 1.61. The lowest BCUT2D eigenvalue weighted by molar-refractivity contribution is -0.174. The van der Waals surface area contributed by atoms with E-state index in [0.717, 1.165) is 6.42 Å². The molecule has 1 rings (SSSR count). The summed E-state index contributed by atoms with van der Waals surface area (Å²) < 4.78 is 39.9. The van der Waals surface area contributed by atoms with E-state index in [0.29, 0.717) is 6.42 Å². The van der Waals surface area contributed by atoms with Crippen molar-refractivity contribution in [3.05, 3.63) is 22.4 Å². The van der Waals surface area contributed by atoms with Crippen molar-refractivity contribution in [1.29, 1.82) is 0 Å². The van der Waals surface area contributed by atoms with Crippen LogP contribution in [-0.4, -0.2) is 26.4 Å². The highest BCUT2D eigenvalue weighted by molar-refractivity contribution is 7.07. The molecule has 6 heteroatoms. The Hall–Kier alpha value is -0.590. The molecule has 0 spiro atoms. The molecule has 0 bridgehead atoms. The molecular formula is C11H16F3NOS. The second-order valence-electron chi connectivity index (χ2n) is 3.71. The van der Waals surface area contributed by atoms with Gasteiger partial charge in [0.1, 0.15) is 6.61 Å². The number of thiophene rings is 1. The first-order valence-electron chi connectivity index (χ1n) is 5.37. The molecule has 2 nitrogen and oxygen atoms in total. The van der Waals surface area contributed by atoms with E-state index in [-0.39, 0.29) is 12.6 Å². The van der Waals surface area contributed by atoms with Gasteiger partial charge in [-0.3, -0.25) is 0 Å². The lowest BCUT2D eigenvalue weighted by atomic mass is 10.1. The Balaban J connectivity index is 2.17. The van der Waals surface area contributed by atoms with Crippen molar-refractivity contribution < 1.29 is 17.9 Å². The molecule has 0 aliphatic carbocycles. The van der Waals surface area contributed by atoms with Crippen LogP contribution in [0.25, 0.3) is 0 Å². The minimum absolute atomic E-state index is 0.141. The van der Waals surface area contributed by atoms with E-state index >= 15 is 0 Å². The fraction of sp³-hybridized carbons (Fsp3) is 0.636. The highest BCUT2D eigenvalue weighted by Crippen LogP contribution is 2.21. The van der Waals surface area contributed by atoms with Gasteiger partial charge in [0, 0.05) is 12.6 Å². The molecule has 0 fully saturated rings. The van der Waals surface area contributed by atoms with Gasteiger partial charge in [-0.15, -0.1) is 0 Å². The third-order valence-electron chi connectivity index (χ3n) is 2.34. The number of nitrogens with one attached hydrogen (secondary N) is 1. The molecule has 17 heavy (non-hydrogen) atoms. The quantitative estimate of drug-likeness (QED) is 0.765. The minimum Gasteiger partial charge on any atom is -0.372 e. The Morgan fingerprint density at radius 1 is 1.47 bits per heavy atom. The van der Waals surface area contributed by atoms with Crippen LogP contribution in [-0.2, 0) is 4.74 Å². The van der Waals surface area contributed by atoms with Gasteiger partial charge in [0.2, 0.25) is 0 Å². The van der Waals surface area contributed by atoms with Gasteiger partial charge in [0.15, 0.2) is 0 Å². The van der Waals surface area contributed by atoms with Crippen molar-refractivity contribution in [3.63, 3.8) is 0 Å². The fourth-order valence-electron chi connectivity index (χ4n) is 1.53. The summed E-state index contributed by atoms with van der Waals surface area (Å²) in [4.78, 5) is 0. The van der Waals surface area contributed by atoms with Crippen molar-refractivity contribution in [2.45, 2.75) is 25.1 Å². The topological polar surface area (TPSA) is 21.3 Å². The smallest absolute Gasteiger partial charge is 0.372 e. The Kier molecular flexibility index (Phi) is 5.94. The van der Waals surface area contributed by atoms with E-state index in [1.807, 2.05) is 23.9 Å². The summed E-state index contributed by atoms with van der Waals surface area (Å²) in [6.45, 7) is -1.02. The van der Waals surface area contributed by atoms with Gasteiger partial charge in [0.05, 0.1) is 0 Å². The zero-order valence-corrected chi connectivity index (χ0v) is 10.4. The first-order valence-corrected chi connectivity index (χ1v) is 6.31. The van der Waals surface area contributed by atoms with E-state index in [2.05, 4.69) is 10.1 Å². The molecule has 0 radical (unpaired) electrons. The van der Waals surface area contributed by atoms with Crippen molar-refractivity contribution in [1.82, 2.24) is 5.32 Å². The SMILES string of the molecule is CNC(CCCOCC(F)(F)F)c1ccsc1. The molecule has 0 aliphatic rings. The fourth-order valence-corrected chi connectivity index (χ4v) is 2.24. The van der Waals surface area contributed by atoms with Crippen LogP contribution in [0.2, 0.25) is 0 Å². The number of ether oxygens (including phenoxy) is 1. The van der Waals surface area contributed by atoms with E-state index < -0.39 is 12.8 Å². The molecule has 1 heterocycles. The predicted molar refractivity (Wildman–Crippen MR) is 62.2 cm³/mol. The van der Waals surface area contributed by atoms with Gasteiger partial charge >= 0.3 is 6.18 Å². The Morgan fingerprint density at radius 3 is 2.76 bits per heavy atom. The third-order valence-corrected chi connectivity index (χ3v) is 3.04. The van der Waals surface area contributed by atoms with Crippen LogP contribution >= 0.6 is 11.3 Å². The van der Waals surface area contributed by atoms with Crippen LogP contribution in [0.15, 0.2) is 16.8 Å². The zero-order chi connectivity index (χ0) is 12.7. The summed E-state index contributed by atoms with van der Waals surface area (Å²) in [6.07, 6.45) is -2.85. The number of alkyl halides is 3. The molecular weight excluding hydrogens is 251 g/mol. The Bertz CT molecular complexity index is 300. The molecule has 1 unspecified atom stereocenters. The summed E-state index contributed by atoms with van der Waals surface area (Å²) in [6, 6.07) is 2.21. The summed E-state index contributed by atoms with van der Waals surface area (Å²) in [5.41, 5.74) is 1.17.